The lowest BCUT2D eigenvalue weighted by Crippen LogP contribution is -2.37. The molecule has 1 amide bonds. The molecule has 1 aromatic rings. The Morgan fingerprint density at radius 3 is 3.00 bits per heavy atom. The Kier molecular flexibility index (Phi) is 6.21. The molecule has 2 heterocycles. The number of carbonyl (C=O) groups excluding carboxylic acids is 2. The summed E-state index contributed by atoms with van der Waals surface area (Å²) in [5, 5.41) is 0. The first-order valence-corrected chi connectivity index (χ1v) is 7.38. The van der Waals surface area contributed by atoms with E-state index in [4.69, 9.17) is 9.15 Å². The van der Waals surface area contributed by atoms with E-state index in [0.717, 1.165) is 19.4 Å². The number of esters is 1. The zero-order chi connectivity index (χ0) is 15.8. The summed E-state index contributed by atoms with van der Waals surface area (Å²) in [6, 6.07) is 3.52. The van der Waals surface area contributed by atoms with Gasteiger partial charge in [-0.1, -0.05) is 0 Å². The van der Waals surface area contributed by atoms with Crippen LogP contribution in [-0.4, -0.2) is 49.7 Å². The third-order valence-electron chi connectivity index (χ3n) is 3.51. The fraction of sp³-hybridized carbons (Fsp3) is 0.500. The maximum absolute atomic E-state index is 12.3. The largest absolute Gasteiger partial charge is 0.469 e. The van der Waals surface area contributed by atoms with Crippen molar-refractivity contribution in [2.45, 2.75) is 25.4 Å². The number of nitrogens with zero attached hydrogens (tertiary/aromatic N) is 1. The van der Waals surface area contributed by atoms with Gasteiger partial charge in [0.15, 0.2) is 0 Å². The summed E-state index contributed by atoms with van der Waals surface area (Å²) >= 11 is 0. The van der Waals surface area contributed by atoms with Gasteiger partial charge >= 0.3 is 5.97 Å². The smallest absolute Gasteiger partial charge is 0.307 e. The summed E-state index contributed by atoms with van der Waals surface area (Å²) in [6.45, 7) is 1.53. The molecule has 0 N–H and O–H groups in total. The molecule has 0 spiro atoms. The lowest BCUT2D eigenvalue weighted by atomic mass is 10.2. The average molecular weight is 307 g/mol. The lowest BCUT2D eigenvalue weighted by Gasteiger charge is -2.23. The first-order chi connectivity index (χ1) is 10.7. The van der Waals surface area contributed by atoms with Crippen molar-refractivity contribution in [3.63, 3.8) is 0 Å². The Hall–Kier alpha value is -2.08. The van der Waals surface area contributed by atoms with Gasteiger partial charge in [-0.25, -0.2) is 0 Å². The Morgan fingerprint density at radius 2 is 2.36 bits per heavy atom. The van der Waals surface area contributed by atoms with E-state index >= 15 is 0 Å². The average Bonchev–Trinajstić information content (AvgIpc) is 3.21. The molecule has 0 radical (unpaired) electrons. The molecule has 0 aromatic carbocycles. The Labute approximate surface area is 129 Å². The van der Waals surface area contributed by atoms with Crippen LogP contribution in [0.4, 0.5) is 0 Å². The minimum absolute atomic E-state index is 0.0404. The molecule has 0 bridgehead atoms. The first-order valence-electron chi connectivity index (χ1n) is 7.38. The number of furan rings is 1. The van der Waals surface area contributed by atoms with Crippen LogP contribution in [0.5, 0.6) is 0 Å². The highest BCUT2D eigenvalue weighted by molar-refractivity contribution is 5.91. The van der Waals surface area contributed by atoms with Gasteiger partial charge in [-0.15, -0.1) is 0 Å². The van der Waals surface area contributed by atoms with Crippen molar-refractivity contribution >= 4 is 18.0 Å². The SMILES string of the molecule is COC(=O)CCN(CC1CCCO1)C(=O)C=Cc1ccco1. The van der Waals surface area contributed by atoms with Crippen molar-refractivity contribution in [2.24, 2.45) is 0 Å². The molecular weight excluding hydrogens is 286 g/mol. The van der Waals surface area contributed by atoms with Crippen LogP contribution in [0.2, 0.25) is 0 Å². The normalized spacial score (nSPS) is 17.8. The predicted molar refractivity (Wildman–Crippen MR) is 79.9 cm³/mol. The van der Waals surface area contributed by atoms with E-state index in [-0.39, 0.29) is 24.4 Å². The van der Waals surface area contributed by atoms with Gasteiger partial charge in [-0.2, -0.15) is 0 Å². The van der Waals surface area contributed by atoms with Crippen LogP contribution >= 0.6 is 0 Å². The molecular formula is C16H21NO5. The molecule has 1 aromatic heterocycles. The van der Waals surface area contributed by atoms with Gasteiger partial charge in [0.05, 0.1) is 25.9 Å². The van der Waals surface area contributed by atoms with Crippen LogP contribution in [-0.2, 0) is 19.1 Å². The Bertz CT molecular complexity index is 503. The Morgan fingerprint density at radius 1 is 1.50 bits per heavy atom. The lowest BCUT2D eigenvalue weighted by molar-refractivity contribution is -0.141. The van der Waals surface area contributed by atoms with E-state index in [1.165, 1.54) is 13.2 Å². The highest BCUT2D eigenvalue weighted by Gasteiger charge is 2.22. The number of rotatable bonds is 7. The van der Waals surface area contributed by atoms with Crippen molar-refractivity contribution in [3.05, 3.63) is 30.2 Å². The molecule has 6 nitrogen and oxygen atoms in total. The number of carbonyl (C=O) groups is 2. The standard InChI is InChI=1S/C16H21NO5/c1-20-16(19)8-9-17(12-14-5-3-11-22-14)15(18)7-6-13-4-2-10-21-13/h2,4,6-7,10,14H,3,5,8-9,11-12H2,1H3. The van der Waals surface area contributed by atoms with E-state index in [0.29, 0.717) is 18.8 Å². The molecule has 1 atom stereocenters. The van der Waals surface area contributed by atoms with Gasteiger partial charge in [-0.3, -0.25) is 9.59 Å². The summed E-state index contributed by atoms with van der Waals surface area (Å²) in [6.07, 6.45) is 6.76. The third-order valence-corrected chi connectivity index (χ3v) is 3.51. The van der Waals surface area contributed by atoms with Gasteiger partial charge in [0.2, 0.25) is 5.91 Å². The summed E-state index contributed by atoms with van der Waals surface area (Å²) in [5.41, 5.74) is 0. The summed E-state index contributed by atoms with van der Waals surface area (Å²) in [5.74, 6) is 0.106. The fourth-order valence-corrected chi connectivity index (χ4v) is 2.30. The van der Waals surface area contributed by atoms with Crippen LogP contribution in [0.1, 0.15) is 25.0 Å². The van der Waals surface area contributed by atoms with Crippen LogP contribution in [0.3, 0.4) is 0 Å². The minimum atomic E-state index is -0.333. The number of ether oxygens (including phenoxy) is 2. The number of hydrogen-bond donors (Lipinski definition) is 0. The molecule has 2 rings (SSSR count). The van der Waals surface area contributed by atoms with E-state index < -0.39 is 0 Å². The second-order valence-electron chi connectivity index (χ2n) is 5.09. The van der Waals surface area contributed by atoms with Crippen molar-refractivity contribution in [1.82, 2.24) is 4.90 Å². The summed E-state index contributed by atoms with van der Waals surface area (Å²) < 4.78 is 15.3. The van der Waals surface area contributed by atoms with Gasteiger partial charge in [0.1, 0.15) is 5.76 Å². The van der Waals surface area contributed by atoms with Crippen molar-refractivity contribution in [2.75, 3.05) is 26.8 Å². The maximum Gasteiger partial charge on any atom is 0.307 e. The molecule has 1 fully saturated rings. The van der Waals surface area contributed by atoms with Crippen molar-refractivity contribution in [3.8, 4) is 0 Å². The van der Waals surface area contributed by atoms with Crippen LogP contribution in [0.15, 0.2) is 28.9 Å². The van der Waals surface area contributed by atoms with E-state index in [2.05, 4.69) is 4.74 Å². The molecule has 6 heteroatoms. The minimum Gasteiger partial charge on any atom is -0.469 e. The van der Waals surface area contributed by atoms with E-state index in [9.17, 15) is 9.59 Å². The van der Waals surface area contributed by atoms with Gasteiger partial charge in [0.25, 0.3) is 0 Å². The van der Waals surface area contributed by atoms with E-state index in [1.54, 1.807) is 29.4 Å². The molecule has 1 aliphatic heterocycles. The van der Waals surface area contributed by atoms with Gasteiger partial charge < -0.3 is 18.8 Å². The molecule has 120 valence electrons. The topological polar surface area (TPSA) is 69.0 Å². The highest BCUT2D eigenvalue weighted by atomic mass is 16.5. The predicted octanol–water partition coefficient (Wildman–Crippen LogP) is 1.86. The second kappa shape index (κ2) is 8.38. The number of methoxy groups -OCH3 is 1. The Balaban J connectivity index is 1.94. The van der Waals surface area contributed by atoms with Crippen LogP contribution < -0.4 is 0 Å². The molecule has 1 unspecified atom stereocenters. The fourth-order valence-electron chi connectivity index (χ4n) is 2.30. The summed E-state index contributed by atoms with van der Waals surface area (Å²) in [7, 11) is 1.34. The van der Waals surface area contributed by atoms with E-state index in [1.807, 2.05) is 0 Å². The quantitative estimate of drug-likeness (QED) is 0.568. The number of amides is 1. The monoisotopic (exact) mass is 307 g/mol. The molecule has 1 aliphatic rings. The third kappa shape index (κ3) is 5.04. The molecule has 0 aliphatic carbocycles. The van der Waals surface area contributed by atoms with Crippen LogP contribution in [0, 0.1) is 0 Å². The molecule has 0 saturated carbocycles. The highest BCUT2D eigenvalue weighted by Crippen LogP contribution is 2.14. The summed E-state index contributed by atoms with van der Waals surface area (Å²) in [4.78, 5) is 25.2. The zero-order valence-electron chi connectivity index (χ0n) is 12.7. The van der Waals surface area contributed by atoms with Gasteiger partial charge in [0, 0.05) is 25.8 Å². The zero-order valence-corrected chi connectivity index (χ0v) is 12.7. The molecule has 1 saturated heterocycles. The van der Waals surface area contributed by atoms with Crippen LogP contribution in [0.25, 0.3) is 6.08 Å². The number of hydrogen-bond acceptors (Lipinski definition) is 5. The van der Waals surface area contributed by atoms with Crippen molar-refractivity contribution < 1.29 is 23.5 Å². The maximum atomic E-state index is 12.3. The van der Waals surface area contributed by atoms with Gasteiger partial charge in [-0.05, 0) is 31.1 Å². The molecule has 22 heavy (non-hydrogen) atoms. The van der Waals surface area contributed by atoms with Crippen molar-refractivity contribution in [1.29, 1.82) is 0 Å². The first kappa shape index (κ1) is 16.3. The second-order valence-corrected chi connectivity index (χ2v) is 5.09.